The first-order chi connectivity index (χ1) is 9.58. The fourth-order valence-corrected chi connectivity index (χ4v) is 2.51. The maximum atomic E-state index is 13.5. The Morgan fingerprint density at radius 2 is 1.70 bits per heavy atom. The molecule has 1 nitrogen and oxygen atoms in total. The lowest BCUT2D eigenvalue weighted by Gasteiger charge is -2.17. The fourth-order valence-electron chi connectivity index (χ4n) is 2.51. The maximum absolute atomic E-state index is 13.5. The van der Waals surface area contributed by atoms with Gasteiger partial charge in [-0.3, -0.25) is 0 Å². The van der Waals surface area contributed by atoms with Gasteiger partial charge >= 0.3 is 0 Å². The summed E-state index contributed by atoms with van der Waals surface area (Å²) in [7, 11) is 1.93. The molecule has 0 spiro atoms. The van der Waals surface area contributed by atoms with E-state index in [1.165, 1.54) is 11.1 Å². The molecule has 0 saturated heterocycles. The third-order valence-corrected chi connectivity index (χ3v) is 3.66. The fraction of sp³-hybridized carbons (Fsp3) is 0.333. The van der Waals surface area contributed by atoms with E-state index < -0.39 is 0 Å². The van der Waals surface area contributed by atoms with Gasteiger partial charge in [-0.2, -0.15) is 0 Å². The van der Waals surface area contributed by atoms with Crippen molar-refractivity contribution in [1.82, 2.24) is 5.32 Å². The van der Waals surface area contributed by atoms with Crippen LogP contribution < -0.4 is 5.32 Å². The molecular formula is C18H22FN. The summed E-state index contributed by atoms with van der Waals surface area (Å²) in [6, 6.07) is 14.0. The van der Waals surface area contributed by atoms with Crippen molar-refractivity contribution in [3.05, 3.63) is 70.5 Å². The number of hydrogen-bond donors (Lipinski definition) is 1. The van der Waals surface area contributed by atoms with E-state index in [-0.39, 0.29) is 11.9 Å². The molecule has 0 aromatic heterocycles. The Kier molecular flexibility index (Phi) is 4.91. The van der Waals surface area contributed by atoms with Gasteiger partial charge in [-0.1, -0.05) is 35.9 Å². The van der Waals surface area contributed by atoms with Gasteiger partial charge in [0.25, 0.3) is 0 Å². The van der Waals surface area contributed by atoms with Crippen LogP contribution in [0, 0.1) is 19.7 Å². The van der Waals surface area contributed by atoms with Gasteiger partial charge in [0.1, 0.15) is 5.82 Å². The van der Waals surface area contributed by atoms with Crippen LogP contribution >= 0.6 is 0 Å². The van der Waals surface area contributed by atoms with Crippen LogP contribution in [0.25, 0.3) is 0 Å². The van der Waals surface area contributed by atoms with Crippen LogP contribution in [-0.4, -0.2) is 7.05 Å². The Bertz CT molecular complexity index is 540. The summed E-state index contributed by atoms with van der Waals surface area (Å²) in [6.45, 7) is 4.02. The third-order valence-electron chi connectivity index (χ3n) is 3.66. The molecule has 106 valence electrons. The van der Waals surface area contributed by atoms with E-state index in [1.807, 2.05) is 14.0 Å². The minimum Gasteiger partial charge on any atom is -0.313 e. The molecule has 0 bridgehead atoms. The summed E-state index contributed by atoms with van der Waals surface area (Å²) >= 11 is 0. The van der Waals surface area contributed by atoms with Gasteiger partial charge in [-0.25, -0.2) is 4.39 Å². The molecule has 20 heavy (non-hydrogen) atoms. The van der Waals surface area contributed by atoms with E-state index in [4.69, 9.17) is 0 Å². The van der Waals surface area contributed by atoms with Crippen molar-refractivity contribution in [2.45, 2.75) is 32.7 Å². The first-order valence-electron chi connectivity index (χ1n) is 7.08. The highest BCUT2D eigenvalue weighted by atomic mass is 19.1. The van der Waals surface area contributed by atoms with E-state index in [1.54, 1.807) is 12.1 Å². The molecular weight excluding hydrogens is 249 g/mol. The Morgan fingerprint density at radius 3 is 2.30 bits per heavy atom. The van der Waals surface area contributed by atoms with Gasteiger partial charge in [-0.15, -0.1) is 0 Å². The van der Waals surface area contributed by atoms with Crippen LogP contribution in [-0.2, 0) is 6.42 Å². The summed E-state index contributed by atoms with van der Waals surface area (Å²) in [4.78, 5) is 0. The third kappa shape index (κ3) is 3.91. The average molecular weight is 271 g/mol. The van der Waals surface area contributed by atoms with Crippen molar-refractivity contribution in [2.24, 2.45) is 0 Å². The molecule has 2 rings (SSSR count). The quantitative estimate of drug-likeness (QED) is 0.853. The van der Waals surface area contributed by atoms with Crippen molar-refractivity contribution in [1.29, 1.82) is 0 Å². The predicted octanol–water partition coefficient (Wildman–Crippen LogP) is 4.34. The molecule has 0 aliphatic carbocycles. The number of benzene rings is 2. The Labute approximate surface area is 120 Å². The molecule has 1 atom stereocenters. The summed E-state index contributed by atoms with van der Waals surface area (Å²) < 4.78 is 13.5. The van der Waals surface area contributed by atoms with Crippen LogP contribution in [0.2, 0.25) is 0 Å². The molecule has 0 heterocycles. The van der Waals surface area contributed by atoms with Gasteiger partial charge in [0.05, 0.1) is 0 Å². The molecule has 0 radical (unpaired) electrons. The molecule has 2 aromatic carbocycles. The Hall–Kier alpha value is -1.67. The smallest absolute Gasteiger partial charge is 0.123 e. The lowest BCUT2D eigenvalue weighted by atomic mass is 9.97. The zero-order valence-corrected chi connectivity index (χ0v) is 12.4. The molecule has 1 N–H and O–H groups in total. The first-order valence-corrected chi connectivity index (χ1v) is 7.08. The van der Waals surface area contributed by atoms with Crippen molar-refractivity contribution in [3.8, 4) is 0 Å². The molecule has 2 heteroatoms. The standard InChI is InChI=1S/C18H22FN/c1-13-4-6-15(7-5-13)8-9-18(20-3)16-10-14(2)11-17(19)12-16/h4-7,10-12,18,20H,8-9H2,1-3H3. The highest BCUT2D eigenvalue weighted by Crippen LogP contribution is 2.21. The van der Waals surface area contributed by atoms with Crippen molar-refractivity contribution < 1.29 is 4.39 Å². The number of halogens is 1. The largest absolute Gasteiger partial charge is 0.313 e. The maximum Gasteiger partial charge on any atom is 0.123 e. The SMILES string of the molecule is CNC(CCc1ccc(C)cc1)c1cc(C)cc(F)c1. The van der Waals surface area contributed by atoms with Crippen molar-refractivity contribution >= 4 is 0 Å². The van der Waals surface area contributed by atoms with Crippen LogP contribution in [0.4, 0.5) is 4.39 Å². The number of hydrogen-bond acceptors (Lipinski definition) is 1. The molecule has 0 aliphatic rings. The van der Waals surface area contributed by atoms with E-state index in [9.17, 15) is 4.39 Å². The van der Waals surface area contributed by atoms with Gasteiger partial charge in [0.15, 0.2) is 0 Å². The van der Waals surface area contributed by atoms with Crippen molar-refractivity contribution in [3.63, 3.8) is 0 Å². The van der Waals surface area contributed by atoms with Gasteiger partial charge < -0.3 is 5.32 Å². The molecule has 0 aliphatic heterocycles. The van der Waals surface area contributed by atoms with Gasteiger partial charge in [-0.05, 0) is 62.6 Å². The lowest BCUT2D eigenvalue weighted by Crippen LogP contribution is -2.17. The average Bonchev–Trinajstić information content (AvgIpc) is 2.40. The highest BCUT2D eigenvalue weighted by Gasteiger charge is 2.11. The van der Waals surface area contributed by atoms with Crippen molar-refractivity contribution in [2.75, 3.05) is 7.05 Å². The molecule has 0 fully saturated rings. The second-order valence-corrected chi connectivity index (χ2v) is 5.43. The zero-order chi connectivity index (χ0) is 14.5. The second kappa shape index (κ2) is 6.67. The minimum absolute atomic E-state index is 0.157. The monoisotopic (exact) mass is 271 g/mol. The minimum atomic E-state index is -0.157. The molecule has 0 amide bonds. The van der Waals surface area contributed by atoms with Gasteiger partial charge in [0, 0.05) is 6.04 Å². The Balaban J connectivity index is 2.07. The lowest BCUT2D eigenvalue weighted by molar-refractivity contribution is 0.541. The van der Waals surface area contributed by atoms with E-state index in [2.05, 4.69) is 42.6 Å². The summed E-state index contributed by atoms with van der Waals surface area (Å²) in [5.74, 6) is -0.157. The van der Waals surface area contributed by atoms with Crippen LogP contribution in [0.5, 0.6) is 0 Å². The molecule has 2 aromatic rings. The molecule has 0 saturated carbocycles. The zero-order valence-electron chi connectivity index (χ0n) is 12.4. The van der Waals surface area contributed by atoms with Gasteiger partial charge in [0.2, 0.25) is 0 Å². The van der Waals surface area contributed by atoms with E-state index >= 15 is 0 Å². The molecule has 1 unspecified atom stereocenters. The van der Waals surface area contributed by atoms with Crippen LogP contribution in [0.15, 0.2) is 42.5 Å². The second-order valence-electron chi connectivity index (χ2n) is 5.43. The topological polar surface area (TPSA) is 12.0 Å². The Morgan fingerprint density at radius 1 is 1.00 bits per heavy atom. The van der Waals surface area contributed by atoms with Crippen LogP contribution in [0.3, 0.4) is 0 Å². The van der Waals surface area contributed by atoms with E-state index in [0.717, 1.165) is 24.0 Å². The normalized spacial score (nSPS) is 12.4. The van der Waals surface area contributed by atoms with Crippen LogP contribution in [0.1, 0.15) is 34.7 Å². The summed E-state index contributed by atoms with van der Waals surface area (Å²) in [6.07, 6.45) is 1.95. The highest BCUT2D eigenvalue weighted by molar-refractivity contribution is 5.27. The first kappa shape index (κ1) is 14.7. The van der Waals surface area contributed by atoms with E-state index in [0.29, 0.717) is 0 Å². The number of aryl methyl sites for hydroxylation is 3. The summed E-state index contributed by atoms with van der Waals surface area (Å²) in [5, 5.41) is 3.29. The summed E-state index contributed by atoms with van der Waals surface area (Å²) in [5.41, 5.74) is 4.59. The number of nitrogens with one attached hydrogen (secondary N) is 1. The predicted molar refractivity (Wildman–Crippen MR) is 82.4 cm³/mol. The number of rotatable bonds is 5.